The van der Waals surface area contributed by atoms with Crippen molar-refractivity contribution in [2.24, 2.45) is 11.1 Å². The number of amides is 2. The van der Waals surface area contributed by atoms with Crippen molar-refractivity contribution in [1.82, 2.24) is 10.2 Å². The highest BCUT2D eigenvalue weighted by atomic mass is 16.5. The third-order valence-electron chi connectivity index (χ3n) is 5.68. The lowest BCUT2D eigenvalue weighted by Crippen LogP contribution is -2.67. The second-order valence-electron chi connectivity index (χ2n) is 7.06. The Hall–Kier alpha value is -1.14. The number of rotatable bonds is 8. The van der Waals surface area contributed by atoms with E-state index in [0.717, 1.165) is 38.8 Å². The molecule has 0 heterocycles. The van der Waals surface area contributed by atoms with Gasteiger partial charge in [0.1, 0.15) is 0 Å². The van der Waals surface area contributed by atoms with E-state index >= 15 is 0 Å². The van der Waals surface area contributed by atoms with Crippen LogP contribution in [0, 0.1) is 5.41 Å². The molecule has 0 aliphatic heterocycles. The number of carbonyl (C=O) groups excluding carboxylic acids is 2. The summed E-state index contributed by atoms with van der Waals surface area (Å²) in [6, 6.07) is 0.247. The second kappa shape index (κ2) is 8.81. The van der Waals surface area contributed by atoms with Gasteiger partial charge in [0.15, 0.2) is 0 Å². The summed E-state index contributed by atoms with van der Waals surface area (Å²) in [6.45, 7) is 5.56. The Balaban J connectivity index is 2.08. The fourth-order valence-electron chi connectivity index (χ4n) is 4.51. The highest BCUT2D eigenvalue weighted by molar-refractivity contribution is 5.85. The van der Waals surface area contributed by atoms with Crippen molar-refractivity contribution in [3.63, 3.8) is 0 Å². The summed E-state index contributed by atoms with van der Waals surface area (Å²) in [6.07, 6.45) is 8.12. The Morgan fingerprint density at radius 1 is 1.25 bits per heavy atom. The largest absolute Gasteiger partial charge is 0.378 e. The number of hydrogen-bond donors (Lipinski definition) is 2. The van der Waals surface area contributed by atoms with Gasteiger partial charge in [-0.25, -0.2) is 0 Å². The van der Waals surface area contributed by atoms with Crippen LogP contribution in [0.5, 0.6) is 0 Å². The molecule has 2 aliphatic carbocycles. The quantitative estimate of drug-likeness (QED) is 0.700. The highest BCUT2D eigenvalue weighted by Gasteiger charge is 2.58. The zero-order valence-electron chi connectivity index (χ0n) is 15.2. The molecule has 0 saturated heterocycles. The number of nitrogens with zero attached hydrogens (tertiary/aromatic N) is 1. The van der Waals surface area contributed by atoms with Crippen molar-refractivity contribution in [3.05, 3.63) is 0 Å². The minimum absolute atomic E-state index is 0.00328. The van der Waals surface area contributed by atoms with Crippen molar-refractivity contribution in [1.29, 1.82) is 0 Å². The van der Waals surface area contributed by atoms with Gasteiger partial charge in [-0.1, -0.05) is 26.2 Å². The van der Waals surface area contributed by atoms with Crippen molar-refractivity contribution >= 4 is 11.8 Å². The van der Waals surface area contributed by atoms with E-state index in [1.54, 1.807) is 0 Å². The molecule has 0 aromatic carbocycles. The first-order chi connectivity index (χ1) is 11.6. The zero-order valence-corrected chi connectivity index (χ0v) is 15.2. The Bertz CT molecular complexity index is 435. The molecule has 1 spiro atoms. The van der Waals surface area contributed by atoms with Gasteiger partial charge in [0.25, 0.3) is 0 Å². The summed E-state index contributed by atoms with van der Waals surface area (Å²) in [5.74, 6) is -0.281. The molecule has 2 saturated carbocycles. The molecule has 0 bridgehead atoms. The van der Waals surface area contributed by atoms with E-state index in [1.165, 1.54) is 19.3 Å². The van der Waals surface area contributed by atoms with Crippen molar-refractivity contribution in [2.45, 2.75) is 70.9 Å². The monoisotopic (exact) mass is 339 g/mol. The predicted molar refractivity (Wildman–Crippen MR) is 93.4 cm³/mol. The summed E-state index contributed by atoms with van der Waals surface area (Å²) < 4.78 is 6.00. The second-order valence-corrected chi connectivity index (χ2v) is 7.06. The van der Waals surface area contributed by atoms with Crippen LogP contribution in [0.2, 0.25) is 0 Å². The molecule has 2 atom stereocenters. The Kier molecular flexibility index (Phi) is 7.04. The summed E-state index contributed by atoms with van der Waals surface area (Å²) >= 11 is 0. The average molecular weight is 339 g/mol. The molecule has 2 amide bonds. The maximum absolute atomic E-state index is 12.7. The van der Waals surface area contributed by atoms with Gasteiger partial charge < -0.3 is 20.7 Å². The van der Waals surface area contributed by atoms with Gasteiger partial charge in [-0.2, -0.15) is 0 Å². The molecular weight excluding hydrogens is 306 g/mol. The molecule has 24 heavy (non-hydrogen) atoms. The Morgan fingerprint density at radius 2 is 1.96 bits per heavy atom. The number of carbonyl (C=O) groups is 2. The predicted octanol–water partition coefficient (Wildman–Crippen LogP) is 1.43. The van der Waals surface area contributed by atoms with Crippen molar-refractivity contribution < 1.29 is 14.3 Å². The van der Waals surface area contributed by atoms with E-state index in [0.29, 0.717) is 0 Å². The van der Waals surface area contributed by atoms with Crippen LogP contribution in [0.1, 0.15) is 58.8 Å². The fourth-order valence-corrected chi connectivity index (χ4v) is 4.51. The van der Waals surface area contributed by atoms with Gasteiger partial charge >= 0.3 is 0 Å². The van der Waals surface area contributed by atoms with E-state index in [1.807, 2.05) is 11.8 Å². The smallest absolute Gasteiger partial charge is 0.242 e. The average Bonchev–Trinajstić information content (AvgIpc) is 2.61. The molecule has 0 aromatic rings. The Labute approximate surface area is 145 Å². The van der Waals surface area contributed by atoms with Gasteiger partial charge in [-0.15, -0.1) is 0 Å². The number of nitrogens with one attached hydrogen (secondary N) is 1. The third kappa shape index (κ3) is 3.91. The maximum atomic E-state index is 12.7. The molecule has 2 fully saturated rings. The zero-order chi connectivity index (χ0) is 17.6. The first-order valence-corrected chi connectivity index (χ1v) is 9.46. The van der Waals surface area contributed by atoms with E-state index in [2.05, 4.69) is 12.2 Å². The van der Waals surface area contributed by atoms with Crippen LogP contribution in [0.15, 0.2) is 0 Å². The molecule has 0 aromatic heterocycles. The first kappa shape index (κ1) is 19.2. The van der Waals surface area contributed by atoms with Crippen LogP contribution in [0.4, 0.5) is 0 Å². The van der Waals surface area contributed by atoms with Crippen LogP contribution in [-0.4, -0.2) is 55.1 Å². The lowest BCUT2D eigenvalue weighted by Gasteiger charge is -2.60. The van der Waals surface area contributed by atoms with Gasteiger partial charge in [-0.05, 0) is 32.6 Å². The third-order valence-corrected chi connectivity index (χ3v) is 5.68. The van der Waals surface area contributed by atoms with Crippen LogP contribution in [0.25, 0.3) is 0 Å². The molecule has 3 N–H and O–H groups in total. The van der Waals surface area contributed by atoms with Crippen LogP contribution < -0.4 is 11.1 Å². The van der Waals surface area contributed by atoms with E-state index < -0.39 is 0 Å². The summed E-state index contributed by atoms with van der Waals surface area (Å²) in [5, 5.41) is 2.62. The van der Waals surface area contributed by atoms with Gasteiger partial charge in [0.2, 0.25) is 11.8 Å². The highest BCUT2D eigenvalue weighted by Crippen LogP contribution is 2.55. The SMILES string of the molecule is CCCN(C(=O)CNC(=O)CN)C1CC(OCC)C12CCCCC2. The maximum Gasteiger partial charge on any atom is 0.242 e. The van der Waals surface area contributed by atoms with Crippen molar-refractivity contribution in [3.8, 4) is 0 Å². The van der Waals surface area contributed by atoms with Gasteiger partial charge in [0.05, 0.1) is 19.2 Å². The van der Waals surface area contributed by atoms with Gasteiger partial charge in [0, 0.05) is 24.6 Å². The summed E-state index contributed by atoms with van der Waals surface area (Å²) in [7, 11) is 0. The molecule has 0 radical (unpaired) electrons. The van der Waals surface area contributed by atoms with Crippen LogP contribution >= 0.6 is 0 Å². The minimum atomic E-state index is -0.284. The van der Waals surface area contributed by atoms with Crippen molar-refractivity contribution in [2.75, 3.05) is 26.2 Å². The number of ether oxygens (including phenoxy) is 1. The van der Waals surface area contributed by atoms with E-state index in [4.69, 9.17) is 10.5 Å². The molecule has 138 valence electrons. The normalized spacial score (nSPS) is 25.1. The fraction of sp³-hybridized carbons (Fsp3) is 0.889. The molecule has 2 unspecified atom stereocenters. The first-order valence-electron chi connectivity index (χ1n) is 9.46. The number of nitrogens with two attached hydrogens (primary N) is 1. The molecule has 6 heteroatoms. The van der Waals surface area contributed by atoms with E-state index in [9.17, 15) is 9.59 Å². The minimum Gasteiger partial charge on any atom is -0.378 e. The van der Waals surface area contributed by atoms with E-state index in [-0.39, 0.29) is 42.5 Å². The topological polar surface area (TPSA) is 84.7 Å². The molecule has 2 rings (SSSR count). The van der Waals surface area contributed by atoms with Crippen LogP contribution in [0.3, 0.4) is 0 Å². The lowest BCUT2D eigenvalue weighted by molar-refractivity contribution is -0.188. The molecule has 2 aliphatic rings. The van der Waals surface area contributed by atoms with Crippen LogP contribution in [-0.2, 0) is 14.3 Å². The lowest BCUT2D eigenvalue weighted by atomic mass is 9.54. The standard InChI is InChI=1S/C18H33N3O3/c1-3-10-21(17(23)13-20-16(22)12-19)14-11-15(24-4-2)18(14)8-6-5-7-9-18/h14-15H,3-13,19H2,1-2H3,(H,20,22). The number of hydrogen-bond acceptors (Lipinski definition) is 4. The van der Waals surface area contributed by atoms with Gasteiger partial charge in [-0.3, -0.25) is 9.59 Å². The molecular formula is C18H33N3O3. The molecule has 6 nitrogen and oxygen atoms in total. The Morgan fingerprint density at radius 3 is 2.54 bits per heavy atom. The summed E-state index contributed by atoms with van der Waals surface area (Å²) in [5.41, 5.74) is 5.42. The summed E-state index contributed by atoms with van der Waals surface area (Å²) in [4.78, 5) is 26.1.